The molecule has 0 atom stereocenters. The van der Waals surface area contributed by atoms with Crippen LogP contribution < -0.4 is 0 Å². The number of fused-ring (bicyclic) bond motifs is 1. The molecular weight excluding hydrogens is 340 g/mol. The molecule has 0 saturated carbocycles. The van der Waals surface area contributed by atoms with Gasteiger partial charge in [-0.1, -0.05) is 42.2 Å². The molecule has 1 aliphatic heterocycles. The minimum absolute atomic E-state index is 0.0747. The smallest absolute Gasteiger partial charge is 0.266 e. The summed E-state index contributed by atoms with van der Waals surface area (Å²) in [6, 6.07) is 11.8. The largest absolute Gasteiger partial charge is 0.467 e. The first-order chi connectivity index (χ1) is 11.6. The van der Waals surface area contributed by atoms with E-state index < -0.39 is 0 Å². The Morgan fingerprint density at radius 3 is 2.88 bits per heavy atom. The number of nitrogens with zero attached hydrogens (tertiary/aromatic N) is 2. The van der Waals surface area contributed by atoms with Gasteiger partial charge in [-0.2, -0.15) is 0 Å². The lowest BCUT2D eigenvalue weighted by Crippen LogP contribution is -2.27. The second-order valence-corrected chi connectivity index (χ2v) is 7.24. The molecule has 120 valence electrons. The van der Waals surface area contributed by atoms with Crippen LogP contribution in [-0.4, -0.2) is 19.7 Å². The molecule has 6 heteroatoms. The number of aromatic nitrogens is 1. The lowest BCUT2D eigenvalue weighted by molar-refractivity contribution is -0.122. The van der Waals surface area contributed by atoms with E-state index in [4.69, 9.17) is 16.6 Å². The van der Waals surface area contributed by atoms with E-state index in [-0.39, 0.29) is 5.91 Å². The maximum Gasteiger partial charge on any atom is 0.266 e. The Balaban J connectivity index is 1.68. The summed E-state index contributed by atoms with van der Waals surface area (Å²) in [4.78, 5) is 14.9. The van der Waals surface area contributed by atoms with Gasteiger partial charge in [-0.25, -0.2) is 0 Å². The van der Waals surface area contributed by atoms with Crippen molar-refractivity contribution in [1.29, 1.82) is 0 Å². The van der Waals surface area contributed by atoms with Crippen molar-refractivity contribution in [3.63, 3.8) is 0 Å². The third kappa shape index (κ3) is 2.57. The highest BCUT2D eigenvalue weighted by atomic mass is 32.2. The van der Waals surface area contributed by atoms with E-state index in [1.165, 1.54) is 11.8 Å². The Morgan fingerprint density at radius 2 is 2.08 bits per heavy atom. The minimum Gasteiger partial charge on any atom is -0.467 e. The van der Waals surface area contributed by atoms with Gasteiger partial charge in [0.2, 0.25) is 0 Å². The Hall–Kier alpha value is -2.31. The number of rotatable bonds is 3. The Kier molecular flexibility index (Phi) is 3.78. The number of carbonyl (C=O) groups excluding carboxylic acids is 1. The van der Waals surface area contributed by atoms with E-state index in [2.05, 4.69) is 16.7 Å². The van der Waals surface area contributed by atoms with E-state index in [0.29, 0.717) is 15.8 Å². The summed E-state index contributed by atoms with van der Waals surface area (Å²) in [5.74, 6) is 0.645. The zero-order valence-corrected chi connectivity index (χ0v) is 14.6. The van der Waals surface area contributed by atoms with Gasteiger partial charge in [-0.3, -0.25) is 9.69 Å². The molecule has 4 nitrogen and oxygen atoms in total. The molecule has 4 rings (SSSR count). The molecule has 3 aromatic rings. The van der Waals surface area contributed by atoms with Crippen LogP contribution in [0.5, 0.6) is 0 Å². The zero-order chi connectivity index (χ0) is 16.7. The molecule has 2 aromatic heterocycles. The summed E-state index contributed by atoms with van der Waals surface area (Å²) in [7, 11) is 2.00. The fourth-order valence-corrected chi connectivity index (χ4v) is 4.07. The van der Waals surface area contributed by atoms with Crippen LogP contribution in [0, 0.1) is 0 Å². The van der Waals surface area contributed by atoms with Gasteiger partial charge in [0.1, 0.15) is 10.1 Å². The van der Waals surface area contributed by atoms with Gasteiger partial charge in [0, 0.05) is 29.7 Å². The number of amides is 1. The first-order valence-electron chi connectivity index (χ1n) is 7.45. The molecule has 0 radical (unpaired) electrons. The molecular formula is C18H14N2O2S2. The second kappa shape index (κ2) is 5.96. The molecule has 0 bridgehead atoms. The number of aryl methyl sites for hydroxylation is 1. The molecule has 3 heterocycles. The summed E-state index contributed by atoms with van der Waals surface area (Å²) < 4.78 is 7.94. The van der Waals surface area contributed by atoms with Crippen molar-refractivity contribution in [2.24, 2.45) is 7.05 Å². The van der Waals surface area contributed by atoms with Crippen LogP contribution in [0.4, 0.5) is 0 Å². The first-order valence-corrected chi connectivity index (χ1v) is 8.68. The van der Waals surface area contributed by atoms with Crippen molar-refractivity contribution in [3.05, 3.63) is 65.1 Å². The highest BCUT2D eigenvalue weighted by molar-refractivity contribution is 8.26. The molecule has 1 saturated heterocycles. The topological polar surface area (TPSA) is 38.4 Å². The van der Waals surface area contributed by atoms with Crippen LogP contribution in [0.25, 0.3) is 17.0 Å². The third-order valence-electron chi connectivity index (χ3n) is 3.98. The highest BCUT2D eigenvalue weighted by Crippen LogP contribution is 2.35. The number of hydrogen-bond acceptors (Lipinski definition) is 4. The second-order valence-electron chi connectivity index (χ2n) is 5.56. The third-order valence-corrected chi connectivity index (χ3v) is 5.36. The Morgan fingerprint density at radius 1 is 1.25 bits per heavy atom. The standard InChI is InChI=1S/C18H14N2O2S2/c1-19-10-12(14-6-2-3-7-15(14)19)9-16-17(21)20(18(23)24-16)11-13-5-4-8-22-13/h2-10H,11H2,1H3/b16-9-. The van der Waals surface area contributed by atoms with Crippen molar-refractivity contribution in [2.75, 3.05) is 0 Å². The Bertz CT molecular complexity index is 970. The molecule has 1 aromatic carbocycles. The van der Waals surface area contributed by atoms with Crippen LogP contribution in [0.3, 0.4) is 0 Å². The van der Waals surface area contributed by atoms with E-state index in [1.54, 1.807) is 17.2 Å². The maximum atomic E-state index is 12.7. The zero-order valence-electron chi connectivity index (χ0n) is 12.9. The predicted octanol–water partition coefficient (Wildman–Crippen LogP) is 4.17. The van der Waals surface area contributed by atoms with Gasteiger partial charge < -0.3 is 8.98 Å². The average Bonchev–Trinajstić information content (AvgIpc) is 3.26. The summed E-state index contributed by atoms with van der Waals surface area (Å²) in [5.41, 5.74) is 2.15. The highest BCUT2D eigenvalue weighted by Gasteiger charge is 2.32. The van der Waals surface area contributed by atoms with Crippen LogP contribution in [-0.2, 0) is 18.4 Å². The van der Waals surface area contributed by atoms with Crippen LogP contribution in [0.1, 0.15) is 11.3 Å². The van der Waals surface area contributed by atoms with E-state index in [1.807, 2.05) is 37.5 Å². The van der Waals surface area contributed by atoms with Crippen molar-refractivity contribution in [1.82, 2.24) is 9.47 Å². The Labute approximate surface area is 148 Å². The van der Waals surface area contributed by atoms with Crippen LogP contribution >= 0.6 is 24.0 Å². The SMILES string of the molecule is Cn1cc(/C=C2\SC(=S)N(Cc3ccco3)C2=O)c2ccccc21. The minimum atomic E-state index is -0.0747. The number of thioether (sulfide) groups is 1. The molecule has 0 spiro atoms. The molecule has 1 aliphatic rings. The number of furan rings is 1. The number of thiocarbonyl (C=S) groups is 1. The lowest BCUT2D eigenvalue weighted by atomic mass is 10.1. The van der Waals surface area contributed by atoms with Gasteiger partial charge in [-0.05, 0) is 24.3 Å². The van der Waals surface area contributed by atoms with Gasteiger partial charge in [0.05, 0.1) is 17.7 Å². The summed E-state index contributed by atoms with van der Waals surface area (Å²) in [6.45, 7) is 0.366. The molecule has 0 N–H and O–H groups in total. The maximum absolute atomic E-state index is 12.7. The number of hydrogen-bond donors (Lipinski definition) is 0. The normalized spacial score (nSPS) is 16.7. The fourth-order valence-electron chi connectivity index (χ4n) is 2.82. The lowest BCUT2D eigenvalue weighted by Gasteiger charge is -2.11. The number of benzene rings is 1. The van der Waals surface area contributed by atoms with E-state index in [0.717, 1.165) is 22.2 Å². The summed E-state index contributed by atoms with van der Waals surface area (Å²) >= 11 is 6.70. The molecule has 1 fully saturated rings. The monoisotopic (exact) mass is 354 g/mol. The van der Waals surface area contributed by atoms with Crippen LogP contribution in [0.2, 0.25) is 0 Å². The molecule has 24 heavy (non-hydrogen) atoms. The molecule has 0 unspecified atom stereocenters. The average molecular weight is 354 g/mol. The van der Waals surface area contributed by atoms with Crippen molar-refractivity contribution >= 4 is 51.2 Å². The van der Waals surface area contributed by atoms with Gasteiger partial charge in [-0.15, -0.1) is 0 Å². The number of carbonyl (C=O) groups is 1. The van der Waals surface area contributed by atoms with Crippen molar-refractivity contribution in [2.45, 2.75) is 6.54 Å². The van der Waals surface area contributed by atoms with Crippen LogP contribution in [0.15, 0.2) is 58.2 Å². The van der Waals surface area contributed by atoms with Crippen molar-refractivity contribution < 1.29 is 9.21 Å². The first kappa shape index (κ1) is 15.2. The van der Waals surface area contributed by atoms with Gasteiger partial charge in [0.25, 0.3) is 5.91 Å². The quantitative estimate of drug-likeness (QED) is 0.523. The van der Waals surface area contributed by atoms with E-state index >= 15 is 0 Å². The molecule has 0 aliphatic carbocycles. The summed E-state index contributed by atoms with van der Waals surface area (Å²) in [6.07, 6.45) is 5.55. The fraction of sp³-hybridized carbons (Fsp3) is 0.111. The van der Waals surface area contributed by atoms with Gasteiger partial charge in [0.15, 0.2) is 0 Å². The van der Waals surface area contributed by atoms with E-state index in [9.17, 15) is 4.79 Å². The van der Waals surface area contributed by atoms with Crippen molar-refractivity contribution in [3.8, 4) is 0 Å². The van der Waals surface area contributed by atoms with Gasteiger partial charge >= 0.3 is 0 Å². The number of para-hydroxylation sites is 1. The summed E-state index contributed by atoms with van der Waals surface area (Å²) in [5, 5.41) is 1.12. The predicted molar refractivity (Wildman–Crippen MR) is 100 cm³/mol. The molecule has 1 amide bonds.